The average Bonchev–Trinajstić information content (AvgIpc) is 1.82. The first kappa shape index (κ1) is 9.75. The van der Waals surface area contributed by atoms with E-state index < -0.39 is 11.7 Å². The van der Waals surface area contributed by atoms with Gasteiger partial charge in [0.05, 0.1) is 11.7 Å². The smallest absolute Gasteiger partial charge is 0.0878 e. The number of hydrogen-bond acceptors (Lipinski definition) is 2. The van der Waals surface area contributed by atoms with Crippen molar-refractivity contribution in [1.82, 2.24) is 0 Å². The Kier molecular flexibility index (Phi) is 2.09. The van der Waals surface area contributed by atoms with Crippen LogP contribution in [0.2, 0.25) is 0 Å². The van der Waals surface area contributed by atoms with Crippen molar-refractivity contribution in [3.8, 4) is 0 Å². The normalized spacial score (nSPS) is 40.8. The van der Waals surface area contributed by atoms with E-state index in [9.17, 15) is 10.2 Å². The molecule has 0 bridgehead atoms. The minimum atomic E-state index is -0.785. The fourth-order valence-electron chi connectivity index (χ4n) is 1.77. The SMILES string of the molecule is CC1=C[C@@H](O)CC(C)(C)[C@]1(C)O. The third-order valence-electron chi connectivity index (χ3n) is 3.25. The second kappa shape index (κ2) is 2.57. The highest BCUT2D eigenvalue weighted by molar-refractivity contribution is 5.23. The minimum Gasteiger partial charge on any atom is -0.389 e. The fraction of sp³-hybridized carbons (Fsp3) is 0.800. The van der Waals surface area contributed by atoms with Crippen LogP contribution in [0, 0.1) is 5.41 Å². The lowest BCUT2D eigenvalue weighted by Crippen LogP contribution is -2.47. The summed E-state index contributed by atoms with van der Waals surface area (Å²) >= 11 is 0. The minimum absolute atomic E-state index is 0.245. The highest BCUT2D eigenvalue weighted by Crippen LogP contribution is 2.43. The van der Waals surface area contributed by atoms with Gasteiger partial charge in [0.25, 0.3) is 0 Å². The molecule has 2 atom stereocenters. The average molecular weight is 170 g/mol. The summed E-state index contributed by atoms with van der Waals surface area (Å²) in [4.78, 5) is 0. The van der Waals surface area contributed by atoms with Crippen LogP contribution in [0.4, 0.5) is 0 Å². The van der Waals surface area contributed by atoms with Crippen LogP contribution < -0.4 is 0 Å². The van der Waals surface area contributed by atoms with Crippen molar-refractivity contribution in [3.63, 3.8) is 0 Å². The molecular weight excluding hydrogens is 152 g/mol. The maximum atomic E-state index is 10.1. The Balaban J connectivity index is 3.06. The van der Waals surface area contributed by atoms with Gasteiger partial charge < -0.3 is 10.2 Å². The van der Waals surface area contributed by atoms with Crippen molar-refractivity contribution >= 4 is 0 Å². The molecule has 1 rings (SSSR count). The summed E-state index contributed by atoms with van der Waals surface area (Å²) < 4.78 is 0. The number of hydrogen-bond donors (Lipinski definition) is 2. The van der Waals surface area contributed by atoms with Crippen LogP contribution in [0.5, 0.6) is 0 Å². The molecule has 12 heavy (non-hydrogen) atoms. The third kappa shape index (κ3) is 1.29. The van der Waals surface area contributed by atoms with Crippen LogP contribution in [0.25, 0.3) is 0 Å². The molecule has 0 unspecified atom stereocenters. The van der Waals surface area contributed by atoms with E-state index in [2.05, 4.69) is 0 Å². The van der Waals surface area contributed by atoms with Gasteiger partial charge in [-0.3, -0.25) is 0 Å². The Bertz CT molecular complexity index is 214. The molecule has 1 aliphatic rings. The predicted molar refractivity (Wildman–Crippen MR) is 48.8 cm³/mol. The molecule has 70 valence electrons. The number of rotatable bonds is 0. The van der Waals surface area contributed by atoms with E-state index in [0.717, 1.165) is 5.57 Å². The van der Waals surface area contributed by atoms with Crippen LogP contribution in [-0.4, -0.2) is 21.9 Å². The summed E-state index contributed by atoms with van der Waals surface area (Å²) in [5, 5.41) is 19.6. The topological polar surface area (TPSA) is 40.5 Å². The molecule has 0 radical (unpaired) electrons. The largest absolute Gasteiger partial charge is 0.389 e. The van der Waals surface area contributed by atoms with Gasteiger partial charge in [-0.25, -0.2) is 0 Å². The molecule has 2 nitrogen and oxygen atoms in total. The molecule has 0 heterocycles. The van der Waals surface area contributed by atoms with Gasteiger partial charge in [0.1, 0.15) is 0 Å². The van der Waals surface area contributed by atoms with Crippen LogP contribution in [0.3, 0.4) is 0 Å². The van der Waals surface area contributed by atoms with Gasteiger partial charge in [0.15, 0.2) is 0 Å². The predicted octanol–water partition coefficient (Wildman–Crippen LogP) is 1.47. The van der Waals surface area contributed by atoms with Gasteiger partial charge in [-0.15, -0.1) is 0 Å². The second-order valence-electron chi connectivity index (χ2n) is 4.58. The van der Waals surface area contributed by atoms with E-state index in [-0.39, 0.29) is 5.41 Å². The first-order valence-corrected chi connectivity index (χ1v) is 4.37. The summed E-state index contributed by atoms with van der Waals surface area (Å²) in [7, 11) is 0. The maximum Gasteiger partial charge on any atom is 0.0878 e. The van der Waals surface area contributed by atoms with Crippen LogP contribution >= 0.6 is 0 Å². The zero-order chi connectivity index (χ0) is 9.57. The lowest BCUT2D eigenvalue weighted by Gasteiger charge is -2.45. The Labute approximate surface area is 73.9 Å². The maximum absolute atomic E-state index is 10.1. The Morgan fingerprint density at radius 1 is 1.42 bits per heavy atom. The molecule has 1 aliphatic carbocycles. The van der Waals surface area contributed by atoms with Gasteiger partial charge in [0.2, 0.25) is 0 Å². The Hall–Kier alpha value is -0.340. The monoisotopic (exact) mass is 170 g/mol. The molecule has 0 saturated heterocycles. The first-order valence-electron chi connectivity index (χ1n) is 4.37. The summed E-state index contributed by atoms with van der Waals surface area (Å²) in [6, 6.07) is 0. The lowest BCUT2D eigenvalue weighted by atomic mass is 9.65. The Morgan fingerprint density at radius 3 is 2.33 bits per heavy atom. The van der Waals surface area contributed by atoms with E-state index >= 15 is 0 Å². The van der Waals surface area contributed by atoms with Gasteiger partial charge >= 0.3 is 0 Å². The molecule has 0 saturated carbocycles. The molecule has 0 aromatic rings. The standard InChI is InChI=1S/C10H18O2/c1-7-5-8(11)6-9(2,3)10(7,4)12/h5,8,11-12H,6H2,1-4H3/t8-,10-/m1/s1. The molecule has 2 N–H and O–H groups in total. The van der Waals surface area contributed by atoms with Crippen LogP contribution in [0.1, 0.15) is 34.1 Å². The molecule has 0 aliphatic heterocycles. The summed E-state index contributed by atoms with van der Waals surface area (Å²) in [5.41, 5.74) is -0.163. The van der Waals surface area contributed by atoms with E-state index in [4.69, 9.17) is 0 Å². The van der Waals surface area contributed by atoms with Gasteiger partial charge in [0, 0.05) is 0 Å². The first-order chi connectivity index (χ1) is 5.27. The van der Waals surface area contributed by atoms with Gasteiger partial charge in [-0.05, 0) is 31.3 Å². The molecule has 0 amide bonds. The van der Waals surface area contributed by atoms with Crippen molar-refractivity contribution < 1.29 is 10.2 Å². The van der Waals surface area contributed by atoms with Crippen molar-refractivity contribution in [1.29, 1.82) is 0 Å². The van der Waals surface area contributed by atoms with Crippen molar-refractivity contribution in [2.24, 2.45) is 5.41 Å². The second-order valence-corrected chi connectivity index (χ2v) is 4.58. The highest BCUT2D eigenvalue weighted by Gasteiger charge is 2.44. The van der Waals surface area contributed by atoms with E-state index in [0.29, 0.717) is 6.42 Å². The molecule has 0 fully saturated rings. The van der Waals surface area contributed by atoms with Crippen molar-refractivity contribution in [3.05, 3.63) is 11.6 Å². The van der Waals surface area contributed by atoms with Gasteiger partial charge in [-0.1, -0.05) is 19.9 Å². The number of aliphatic hydroxyl groups is 2. The molecule has 2 heteroatoms. The van der Waals surface area contributed by atoms with E-state index in [1.54, 1.807) is 6.08 Å². The zero-order valence-electron chi connectivity index (χ0n) is 8.26. The summed E-state index contributed by atoms with van der Waals surface area (Å²) in [6.07, 6.45) is 1.96. The van der Waals surface area contributed by atoms with E-state index in [1.165, 1.54) is 0 Å². The van der Waals surface area contributed by atoms with E-state index in [1.807, 2.05) is 27.7 Å². The van der Waals surface area contributed by atoms with Gasteiger partial charge in [-0.2, -0.15) is 0 Å². The number of aliphatic hydroxyl groups excluding tert-OH is 1. The Morgan fingerprint density at radius 2 is 1.92 bits per heavy atom. The molecule has 0 aromatic carbocycles. The lowest BCUT2D eigenvalue weighted by molar-refractivity contribution is -0.0511. The third-order valence-corrected chi connectivity index (χ3v) is 3.25. The molecule has 0 spiro atoms. The summed E-state index contributed by atoms with van der Waals surface area (Å²) in [6.45, 7) is 7.63. The fourth-order valence-corrected chi connectivity index (χ4v) is 1.77. The van der Waals surface area contributed by atoms with Crippen LogP contribution in [-0.2, 0) is 0 Å². The van der Waals surface area contributed by atoms with Crippen molar-refractivity contribution in [2.45, 2.75) is 45.8 Å². The molecule has 0 aromatic heterocycles. The quantitative estimate of drug-likeness (QED) is 0.540. The highest BCUT2D eigenvalue weighted by atomic mass is 16.3. The summed E-state index contributed by atoms with van der Waals surface area (Å²) in [5.74, 6) is 0. The van der Waals surface area contributed by atoms with Crippen molar-refractivity contribution in [2.75, 3.05) is 0 Å². The zero-order valence-corrected chi connectivity index (χ0v) is 8.26. The van der Waals surface area contributed by atoms with Crippen LogP contribution in [0.15, 0.2) is 11.6 Å². The molecular formula is C10H18O2.